The van der Waals surface area contributed by atoms with Crippen molar-refractivity contribution in [2.75, 3.05) is 14.2 Å². The third-order valence-corrected chi connectivity index (χ3v) is 3.83. The van der Waals surface area contributed by atoms with E-state index in [-0.39, 0.29) is 12.3 Å². The van der Waals surface area contributed by atoms with Gasteiger partial charge in [0.25, 0.3) is 0 Å². The lowest BCUT2D eigenvalue weighted by atomic mass is 9.98. The van der Waals surface area contributed by atoms with E-state index in [0.29, 0.717) is 6.42 Å². The summed E-state index contributed by atoms with van der Waals surface area (Å²) in [4.78, 5) is 11.0. The Morgan fingerprint density at radius 2 is 2.00 bits per heavy atom. The summed E-state index contributed by atoms with van der Waals surface area (Å²) in [6.45, 7) is 2.00. The van der Waals surface area contributed by atoms with Gasteiger partial charge in [0.05, 0.1) is 0 Å². The first-order chi connectivity index (χ1) is 8.45. The zero-order valence-corrected chi connectivity index (χ0v) is 13.0. The van der Waals surface area contributed by atoms with Crippen molar-refractivity contribution in [1.82, 2.24) is 0 Å². The van der Waals surface area contributed by atoms with Crippen molar-refractivity contribution in [2.45, 2.75) is 25.6 Å². The van der Waals surface area contributed by atoms with Crippen LogP contribution in [0.5, 0.6) is 0 Å². The predicted molar refractivity (Wildman–Crippen MR) is 78.0 cm³/mol. The fourth-order valence-corrected chi connectivity index (χ4v) is 2.61. The van der Waals surface area contributed by atoms with Crippen LogP contribution in [-0.2, 0) is 20.1 Å². The van der Waals surface area contributed by atoms with E-state index >= 15 is 0 Å². The lowest BCUT2D eigenvalue weighted by Gasteiger charge is -2.32. The number of nitrogens with two attached hydrogens (primary N) is 1. The highest BCUT2D eigenvalue weighted by Crippen LogP contribution is 2.34. The molecule has 0 unspecified atom stereocenters. The van der Waals surface area contributed by atoms with E-state index in [4.69, 9.17) is 15.2 Å². The monoisotopic (exact) mass is 363 g/mol. The second kappa shape index (κ2) is 6.49. The van der Waals surface area contributed by atoms with Gasteiger partial charge in [-0.25, -0.2) is 0 Å². The molecule has 5 heteroatoms. The number of carbonyl (C=O) groups is 1. The molecule has 0 bridgehead atoms. The molecule has 0 aliphatic carbocycles. The topological polar surface area (TPSA) is 61.5 Å². The molecular formula is C13H18INO3. The molecule has 2 N–H and O–H groups in total. The van der Waals surface area contributed by atoms with Crippen LogP contribution in [0.2, 0.25) is 0 Å². The number of carbonyl (C=O) groups excluding carboxylic acids is 1. The second-order valence-corrected chi connectivity index (χ2v) is 5.27. The van der Waals surface area contributed by atoms with E-state index in [0.717, 1.165) is 14.7 Å². The molecule has 4 nitrogen and oxygen atoms in total. The molecule has 0 aliphatic rings. The zero-order valence-electron chi connectivity index (χ0n) is 10.8. The molecule has 18 heavy (non-hydrogen) atoms. The third-order valence-electron chi connectivity index (χ3n) is 2.89. The van der Waals surface area contributed by atoms with Crippen LogP contribution in [0, 0.1) is 10.5 Å². The lowest BCUT2D eigenvalue weighted by Crippen LogP contribution is -2.33. The summed E-state index contributed by atoms with van der Waals surface area (Å²) in [6.07, 6.45) is 0.612. The van der Waals surface area contributed by atoms with Crippen LogP contribution in [0.4, 0.5) is 0 Å². The molecule has 0 radical (unpaired) electrons. The van der Waals surface area contributed by atoms with Crippen molar-refractivity contribution in [3.8, 4) is 0 Å². The van der Waals surface area contributed by atoms with Gasteiger partial charge in [0.15, 0.2) is 5.79 Å². The number of methoxy groups -OCH3 is 2. The molecule has 0 aliphatic heterocycles. The Morgan fingerprint density at radius 3 is 2.50 bits per heavy atom. The van der Waals surface area contributed by atoms with E-state index in [1.54, 1.807) is 14.2 Å². The van der Waals surface area contributed by atoms with E-state index in [2.05, 4.69) is 22.6 Å². The van der Waals surface area contributed by atoms with Crippen LogP contribution in [0.15, 0.2) is 18.2 Å². The summed E-state index contributed by atoms with van der Waals surface area (Å²) in [7, 11) is 3.14. The maximum atomic E-state index is 11.0. The van der Waals surface area contributed by atoms with Crippen LogP contribution in [0.3, 0.4) is 0 Å². The molecule has 0 saturated heterocycles. The molecule has 0 spiro atoms. The van der Waals surface area contributed by atoms with Crippen LogP contribution in [0.25, 0.3) is 0 Å². The minimum absolute atomic E-state index is 0.214. The quantitative estimate of drug-likeness (QED) is 0.623. The summed E-state index contributed by atoms with van der Waals surface area (Å²) < 4.78 is 12.1. The van der Waals surface area contributed by atoms with E-state index < -0.39 is 5.79 Å². The van der Waals surface area contributed by atoms with E-state index in [1.807, 2.05) is 25.1 Å². The Bertz CT molecular complexity index is 430. The molecular weight excluding hydrogens is 345 g/mol. The molecule has 1 rings (SSSR count). The van der Waals surface area contributed by atoms with Gasteiger partial charge in [-0.1, -0.05) is 11.6 Å². The Balaban J connectivity index is 3.16. The molecule has 0 atom stereocenters. The Morgan fingerprint density at radius 1 is 1.39 bits per heavy atom. The smallest absolute Gasteiger partial charge is 0.217 e. The molecule has 0 fully saturated rings. The summed E-state index contributed by atoms with van der Waals surface area (Å²) in [6, 6.07) is 6.04. The van der Waals surface area contributed by atoms with E-state index in [1.165, 1.54) is 0 Å². The van der Waals surface area contributed by atoms with Crippen LogP contribution >= 0.6 is 22.6 Å². The maximum absolute atomic E-state index is 11.0. The number of hydrogen-bond donors (Lipinski definition) is 1. The normalized spacial score (nSPS) is 11.6. The molecule has 100 valence electrons. The van der Waals surface area contributed by atoms with Gasteiger partial charge in [0, 0.05) is 36.2 Å². The average Bonchev–Trinajstić information content (AvgIpc) is 2.35. The van der Waals surface area contributed by atoms with Gasteiger partial charge in [-0.2, -0.15) is 0 Å². The van der Waals surface area contributed by atoms with Crippen molar-refractivity contribution in [3.05, 3.63) is 32.9 Å². The fraction of sp³-hybridized carbons (Fsp3) is 0.462. The van der Waals surface area contributed by atoms with Gasteiger partial charge in [-0.3, -0.25) is 4.79 Å². The largest absolute Gasteiger partial charge is 0.370 e. The summed E-state index contributed by atoms with van der Waals surface area (Å²) >= 11 is 2.23. The number of amides is 1. The first-order valence-corrected chi connectivity index (χ1v) is 6.68. The SMILES string of the molecule is COC(CCC(N)=O)(OC)c1cc(C)ccc1I. The lowest BCUT2D eigenvalue weighted by molar-refractivity contribution is -0.221. The number of benzene rings is 1. The Labute approximate surface area is 121 Å². The van der Waals surface area contributed by atoms with Gasteiger partial charge in [-0.15, -0.1) is 0 Å². The van der Waals surface area contributed by atoms with Gasteiger partial charge in [0.1, 0.15) is 0 Å². The number of primary amides is 1. The fourth-order valence-electron chi connectivity index (χ4n) is 1.86. The highest BCUT2D eigenvalue weighted by Gasteiger charge is 2.34. The number of rotatable bonds is 6. The van der Waals surface area contributed by atoms with Crippen LogP contribution in [0.1, 0.15) is 24.0 Å². The van der Waals surface area contributed by atoms with Gasteiger partial charge < -0.3 is 15.2 Å². The second-order valence-electron chi connectivity index (χ2n) is 4.11. The standard InChI is InChI=1S/C13H18INO3/c1-9-4-5-11(14)10(8-9)13(17-2,18-3)7-6-12(15)16/h4-5,8H,6-7H2,1-3H3,(H2,15,16). The van der Waals surface area contributed by atoms with Crippen molar-refractivity contribution < 1.29 is 14.3 Å². The summed E-state index contributed by atoms with van der Waals surface area (Å²) in [5.74, 6) is -1.28. The highest BCUT2D eigenvalue weighted by molar-refractivity contribution is 14.1. The first kappa shape index (κ1) is 15.4. The highest BCUT2D eigenvalue weighted by atomic mass is 127. The molecule has 1 amide bonds. The minimum atomic E-state index is -0.919. The number of halogens is 1. The van der Waals surface area contributed by atoms with Gasteiger partial charge in [0.2, 0.25) is 5.91 Å². The summed E-state index contributed by atoms with van der Waals surface area (Å²) in [5.41, 5.74) is 7.24. The van der Waals surface area contributed by atoms with Crippen molar-refractivity contribution in [3.63, 3.8) is 0 Å². The minimum Gasteiger partial charge on any atom is -0.370 e. The Hall–Kier alpha value is -0.660. The summed E-state index contributed by atoms with van der Waals surface area (Å²) in [5, 5.41) is 0. The van der Waals surface area contributed by atoms with Gasteiger partial charge in [-0.05, 0) is 41.6 Å². The molecule has 0 heterocycles. The first-order valence-electron chi connectivity index (χ1n) is 5.60. The van der Waals surface area contributed by atoms with Crippen molar-refractivity contribution in [1.29, 1.82) is 0 Å². The van der Waals surface area contributed by atoms with Crippen LogP contribution < -0.4 is 5.73 Å². The Kier molecular flexibility index (Phi) is 5.55. The van der Waals surface area contributed by atoms with E-state index in [9.17, 15) is 4.79 Å². The number of ether oxygens (including phenoxy) is 2. The molecule has 0 saturated carbocycles. The predicted octanol–water partition coefficient (Wildman–Crippen LogP) is 2.31. The number of aryl methyl sites for hydroxylation is 1. The van der Waals surface area contributed by atoms with Crippen molar-refractivity contribution in [2.24, 2.45) is 5.73 Å². The average molecular weight is 363 g/mol. The third kappa shape index (κ3) is 3.43. The molecule has 1 aromatic carbocycles. The van der Waals surface area contributed by atoms with Gasteiger partial charge >= 0.3 is 0 Å². The molecule has 0 aromatic heterocycles. The van der Waals surface area contributed by atoms with Crippen LogP contribution in [-0.4, -0.2) is 20.1 Å². The molecule has 1 aromatic rings. The maximum Gasteiger partial charge on any atom is 0.217 e. The van der Waals surface area contributed by atoms with Crippen molar-refractivity contribution >= 4 is 28.5 Å². The zero-order chi connectivity index (χ0) is 13.8. The number of hydrogen-bond acceptors (Lipinski definition) is 3.